The fraction of sp³-hybridized carbons (Fsp3) is 0.750. The number of hydrogen-bond acceptors (Lipinski definition) is 0. The molecule has 98 valence electrons. The highest BCUT2D eigenvalue weighted by molar-refractivity contribution is 5.21. The van der Waals surface area contributed by atoms with Crippen LogP contribution in [0, 0.1) is 6.92 Å². The molecule has 0 radical (unpaired) electrons. The standard InChI is InChI=1S/C16H29N/c1-3-4-5-6-7-8-9-10-11-12-16-14-17-13-15(16)2/h13-14,17H,3-12H2,1-2H3. The maximum atomic E-state index is 3.18. The van der Waals surface area contributed by atoms with E-state index in [1.807, 2.05) is 0 Å². The molecule has 1 heterocycles. The third kappa shape index (κ3) is 6.55. The average molecular weight is 235 g/mol. The van der Waals surface area contributed by atoms with Gasteiger partial charge in [0.25, 0.3) is 0 Å². The van der Waals surface area contributed by atoms with Crippen LogP contribution in [0.5, 0.6) is 0 Å². The van der Waals surface area contributed by atoms with Crippen molar-refractivity contribution in [2.24, 2.45) is 0 Å². The van der Waals surface area contributed by atoms with Crippen LogP contribution in [0.4, 0.5) is 0 Å². The lowest BCUT2D eigenvalue weighted by Crippen LogP contribution is -1.86. The number of H-pyrrole nitrogens is 1. The summed E-state index contributed by atoms with van der Waals surface area (Å²) in [5, 5.41) is 0. The van der Waals surface area contributed by atoms with Crippen LogP contribution in [-0.4, -0.2) is 4.98 Å². The van der Waals surface area contributed by atoms with Crippen molar-refractivity contribution in [3.63, 3.8) is 0 Å². The number of aromatic amines is 1. The lowest BCUT2D eigenvalue weighted by atomic mass is 10.0. The maximum absolute atomic E-state index is 3.18. The van der Waals surface area contributed by atoms with E-state index >= 15 is 0 Å². The van der Waals surface area contributed by atoms with E-state index in [-0.39, 0.29) is 0 Å². The largest absolute Gasteiger partial charge is 0.367 e. The van der Waals surface area contributed by atoms with Gasteiger partial charge in [0.1, 0.15) is 0 Å². The van der Waals surface area contributed by atoms with E-state index in [9.17, 15) is 0 Å². The minimum atomic E-state index is 1.26. The summed E-state index contributed by atoms with van der Waals surface area (Å²) in [5.74, 6) is 0. The van der Waals surface area contributed by atoms with Gasteiger partial charge in [-0.3, -0.25) is 0 Å². The molecule has 0 aromatic carbocycles. The zero-order valence-corrected chi connectivity index (χ0v) is 11.7. The van der Waals surface area contributed by atoms with Crippen LogP contribution in [0.1, 0.15) is 75.8 Å². The van der Waals surface area contributed by atoms with E-state index in [1.54, 1.807) is 0 Å². The predicted octanol–water partition coefficient (Wildman–Crippen LogP) is 5.40. The van der Waals surface area contributed by atoms with Gasteiger partial charge in [0.2, 0.25) is 0 Å². The van der Waals surface area contributed by atoms with Gasteiger partial charge in [-0.25, -0.2) is 0 Å². The first kappa shape index (κ1) is 14.3. The first-order chi connectivity index (χ1) is 8.34. The van der Waals surface area contributed by atoms with Crippen molar-refractivity contribution in [2.75, 3.05) is 0 Å². The Morgan fingerprint density at radius 3 is 1.94 bits per heavy atom. The third-order valence-corrected chi connectivity index (χ3v) is 3.61. The average Bonchev–Trinajstić information content (AvgIpc) is 2.73. The summed E-state index contributed by atoms with van der Waals surface area (Å²) >= 11 is 0. The lowest BCUT2D eigenvalue weighted by molar-refractivity contribution is 0.564. The Labute approximate surface area is 107 Å². The number of aromatic nitrogens is 1. The molecule has 0 saturated heterocycles. The van der Waals surface area contributed by atoms with E-state index < -0.39 is 0 Å². The fourth-order valence-corrected chi connectivity index (χ4v) is 2.37. The normalized spacial score (nSPS) is 10.9. The molecule has 0 amide bonds. The van der Waals surface area contributed by atoms with Gasteiger partial charge in [-0.05, 0) is 30.9 Å². The molecule has 1 rings (SSSR count). The third-order valence-electron chi connectivity index (χ3n) is 3.61. The smallest absolute Gasteiger partial charge is 0.00400 e. The Morgan fingerprint density at radius 1 is 0.824 bits per heavy atom. The minimum absolute atomic E-state index is 1.26. The zero-order valence-electron chi connectivity index (χ0n) is 11.7. The molecule has 0 aliphatic heterocycles. The van der Waals surface area contributed by atoms with Gasteiger partial charge in [0.15, 0.2) is 0 Å². The molecule has 0 fully saturated rings. The SMILES string of the molecule is CCCCCCCCCCCc1c[nH]cc1C. The van der Waals surface area contributed by atoms with Crippen LogP contribution in [0.3, 0.4) is 0 Å². The second-order valence-electron chi connectivity index (χ2n) is 5.24. The molecule has 1 aromatic rings. The molecule has 0 aliphatic rings. The molecule has 0 aliphatic carbocycles. The van der Waals surface area contributed by atoms with E-state index in [2.05, 4.69) is 31.2 Å². The van der Waals surface area contributed by atoms with Gasteiger partial charge in [0, 0.05) is 12.4 Å². The van der Waals surface area contributed by atoms with Crippen LogP contribution < -0.4 is 0 Å². The monoisotopic (exact) mass is 235 g/mol. The molecular formula is C16H29N. The van der Waals surface area contributed by atoms with E-state index in [1.165, 1.54) is 75.3 Å². The van der Waals surface area contributed by atoms with Crippen molar-refractivity contribution in [3.8, 4) is 0 Å². The Morgan fingerprint density at radius 2 is 1.41 bits per heavy atom. The molecule has 1 aromatic heterocycles. The van der Waals surface area contributed by atoms with Gasteiger partial charge in [-0.15, -0.1) is 0 Å². The molecular weight excluding hydrogens is 206 g/mol. The summed E-state index contributed by atoms with van der Waals surface area (Å²) in [6.45, 7) is 4.47. The molecule has 0 bridgehead atoms. The molecule has 1 heteroatoms. The predicted molar refractivity (Wildman–Crippen MR) is 76.5 cm³/mol. The molecule has 17 heavy (non-hydrogen) atoms. The van der Waals surface area contributed by atoms with Crippen molar-refractivity contribution >= 4 is 0 Å². The number of rotatable bonds is 10. The summed E-state index contributed by atoms with van der Waals surface area (Å²) in [5.41, 5.74) is 2.93. The molecule has 0 saturated carbocycles. The van der Waals surface area contributed by atoms with Crippen molar-refractivity contribution in [1.82, 2.24) is 4.98 Å². The molecule has 0 spiro atoms. The number of unbranched alkanes of at least 4 members (excludes halogenated alkanes) is 8. The summed E-state index contributed by atoms with van der Waals surface area (Å²) in [6, 6.07) is 0. The fourth-order valence-electron chi connectivity index (χ4n) is 2.37. The lowest BCUT2D eigenvalue weighted by Gasteiger charge is -2.02. The first-order valence-corrected chi connectivity index (χ1v) is 7.47. The zero-order chi connectivity index (χ0) is 12.3. The Kier molecular flexibility index (Phi) is 7.87. The second-order valence-corrected chi connectivity index (χ2v) is 5.24. The summed E-state index contributed by atoms with van der Waals surface area (Å²) in [4.78, 5) is 3.18. The van der Waals surface area contributed by atoms with Crippen molar-refractivity contribution in [1.29, 1.82) is 0 Å². The van der Waals surface area contributed by atoms with Crippen LogP contribution >= 0.6 is 0 Å². The van der Waals surface area contributed by atoms with Gasteiger partial charge in [0.05, 0.1) is 0 Å². The van der Waals surface area contributed by atoms with Crippen LogP contribution in [0.2, 0.25) is 0 Å². The maximum Gasteiger partial charge on any atom is 0.00400 e. The minimum Gasteiger partial charge on any atom is -0.367 e. The number of aryl methyl sites for hydroxylation is 2. The Hall–Kier alpha value is -0.720. The highest BCUT2D eigenvalue weighted by Gasteiger charge is 1.98. The van der Waals surface area contributed by atoms with Crippen molar-refractivity contribution < 1.29 is 0 Å². The molecule has 0 atom stereocenters. The summed E-state index contributed by atoms with van der Waals surface area (Å²) < 4.78 is 0. The van der Waals surface area contributed by atoms with E-state index in [0.717, 1.165) is 0 Å². The van der Waals surface area contributed by atoms with Gasteiger partial charge in [-0.1, -0.05) is 58.3 Å². The Balaban J connectivity index is 1.86. The molecule has 1 N–H and O–H groups in total. The van der Waals surface area contributed by atoms with E-state index in [4.69, 9.17) is 0 Å². The van der Waals surface area contributed by atoms with Crippen LogP contribution in [0.25, 0.3) is 0 Å². The topological polar surface area (TPSA) is 15.8 Å². The highest BCUT2D eigenvalue weighted by atomic mass is 14.6. The Bertz CT molecular complexity index is 275. The van der Waals surface area contributed by atoms with Gasteiger partial charge >= 0.3 is 0 Å². The number of hydrogen-bond donors (Lipinski definition) is 1. The highest BCUT2D eigenvalue weighted by Crippen LogP contribution is 2.13. The van der Waals surface area contributed by atoms with Crippen LogP contribution in [-0.2, 0) is 6.42 Å². The van der Waals surface area contributed by atoms with Gasteiger partial charge < -0.3 is 4.98 Å². The van der Waals surface area contributed by atoms with Crippen LogP contribution in [0.15, 0.2) is 12.4 Å². The first-order valence-electron chi connectivity index (χ1n) is 7.47. The van der Waals surface area contributed by atoms with Gasteiger partial charge in [-0.2, -0.15) is 0 Å². The van der Waals surface area contributed by atoms with E-state index in [0.29, 0.717) is 0 Å². The number of nitrogens with one attached hydrogen (secondary N) is 1. The summed E-state index contributed by atoms with van der Waals surface area (Å²) in [6.07, 6.45) is 18.3. The quantitative estimate of drug-likeness (QED) is 0.523. The summed E-state index contributed by atoms with van der Waals surface area (Å²) in [7, 11) is 0. The van der Waals surface area contributed by atoms with Crippen molar-refractivity contribution in [3.05, 3.63) is 23.5 Å². The van der Waals surface area contributed by atoms with Crippen molar-refractivity contribution in [2.45, 2.75) is 78.1 Å². The second kappa shape index (κ2) is 9.32. The molecule has 1 nitrogen and oxygen atoms in total. The molecule has 0 unspecified atom stereocenters.